The molecule has 0 radical (unpaired) electrons. The molecule has 6 heteroatoms. The predicted molar refractivity (Wildman–Crippen MR) is 70.6 cm³/mol. The average molecular weight is 281 g/mol. The minimum Gasteiger partial charge on any atom is -0.383 e. The number of nitrogens with zero attached hydrogens (tertiary/aromatic N) is 2. The fourth-order valence-corrected chi connectivity index (χ4v) is 1.78. The molecular weight excluding hydrogens is 267 g/mol. The number of rotatable bonds is 2. The Bertz CT molecular complexity index is 646. The third kappa shape index (κ3) is 2.45. The molecule has 2 rings (SSSR count). The minimum absolute atomic E-state index is 0.00629. The van der Waals surface area contributed by atoms with Gasteiger partial charge in [0.05, 0.1) is 5.69 Å². The van der Waals surface area contributed by atoms with E-state index in [1.165, 1.54) is 0 Å². The quantitative estimate of drug-likeness (QED) is 0.856. The van der Waals surface area contributed by atoms with E-state index >= 15 is 0 Å². The summed E-state index contributed by atoms with van der Waals surface area (Å²) in [6.07, 6.45) is 0. The first kappa shape index (κ1) is 14.3. The van der Waals surface area contributed by atoms with Gasteiger partial charge < -0.3 is 5.73 Å². The second-order valence-electron chi connectivity index (χ2n) is 4.85. The van der Waals surface area contributed by atoms with E-state index in [4.69, 9.17) is 5.73 Å². The zero-order valence-electron chi connectivity index (χ0n) is 11.3. The normalized spacial score (nSPS) is 11.2. The lowest BCUT2D eigenvalue weighted by molar-refractivity contribution is 0.447. The first-order chi connectivity index (χ1) is 9.31. The highest BCUT2D eigenvalue weighted by molar-refractivity contribution is 5.67. The molecule has 1 aromatic heterocycles. The van der Waals surface area contributed by atoms with Crippen LogP contribution < -0.4 is 5.73 Å². The number of aromatic nitrogens is 2. The SMILES string of the molecule is Cc1c(N)nc(C(C)C)nc1-c1cc(F)c(F)c(F)c1. The van der Waals surface area contributed by atoms with Gasteiger partial charge in [0.1, 0.15) is 11.6 Å². The Morgan fingerprint density at radius 1 is 1.05 bits per heavy atom. The molecule has 0 amide bonds. The molecule has 0 saturated carbocycles. The smallest absolute Gasteiger partial charge is 0.194 e. The standard InChI is InChI=1S/C14H14F3N3/c1-6(2)14-19-12(7(3)13(18)20-14)8-4-9(15)11(17)10(16)5-8/h4-6H,1-3H3,(H2,18,19,20). The summed E-state index contributed by atoms with van der Waals surface area (Å²) >= 11 is 0. The Labute approximate surface area is 114 Å². The van der Waals surface area contributed by atoms with E-state index in [2.05, 4.69) is 9.97 Å². The molecule has 2 aromatic rings. The maximum absolute atomic E-state index is 13.3. The molecular formula is C14H14F3N3. The van der Waals surface area contributed by atoms with E-state index in [0.29, 0.717) is 17.1 Å². The summed E-state index contributed by atoms with van der Waals surface area (Å²) in [5.74, 6) is -3.31. The van der Waals surface area contributed by atoms with Gasteiger partial charge in [-0.05, 0) is 19.1 Å². The van der Waals surface area contributed by atoms with Gasteiger partial charge in [-0.25, -0.2) is 23.1 Å². The molecule has 0 saturated heterocycles. The van der Waals surface area contributed by atoms with Crippen molar-refractivity contribution in [3.8, 4) is 11.3 Å². The molecule has 0 aliphatic rings. The number of benzene rings is 1. The summed E-state index contributed by atoms with van der Waals surface area (Å²) < 4.78 is 39.7. The summed E-state index contributed by atoms with van der Waals surface area (Å²) in [5.41, 5.74) is 6.73. The molecule has 106 valence electrons. The van der Waals surface area contributed by atoms with Gasteiger partial charge in [-0.3, -0.25) is 0 Å². The monoisotopic (exact) mass is 281 g/mol. The Balaban J connectivity index is 2.69. The maximum Gasteiger partial charge on any atom is 0.194 e. The Hall–Kier alpha value is -2.11. The van der Waals surface area contributed by atoms with E-state index in [1.54, 1.807) is 6.92 Å². The highest BCUT2D eigenvalue weighted by atomic mass is 19.2. The van der Waals surface area contributed by atoms with Crippen molar-refractivity contribution < 1.29 is 13.2 Å². The average Bonchev–Trinajstić information content (AvgIpc) is 2.38. The third-order valence-electron chi connectivity index (χ3n) is 2.97. The van der Waals surface area contributed by atoms with Gasteiger partial charge in [-0.2, -0.15) is 0 Å². The topological polar surface area (TPSA) is 51.8 Å². The third-order valence-corrected chi connectivity index (χ3v) is 2.97. The molecule has 0 spiro atoms. The van der Waals surface area contributed by atoms with Crippen molar-refractivity contribution in [2.75, 3.05) is 5.73 Å². The van der Waals surface area contributed by atoms with Crippen LogP contribution in [0.3, 0.4) is 0 Å². The fourth-order valence-electron chi connectivity index (χ4n) is 1.78. The maximum atomic E-state index is 13.3. The lowest BCUT2D eigenvalue weighted by Crippen LogP contribution is -2.06. The van der Waals surface area contributed by atoms with Gasteiger partial charge in [-0.15, -0.1) is 0 Å². The summed E-state index contributed by atoms with van der Waals surface area (Å²) in [5, 5.41) is 0. The van der Waals surface area contributed by atoms with Gasteiger partial charge >= 0.3 is 0 Å². The van der Waals surface area contributed by atoms with Crippen molar-refractivity contribution in [1.29, 1.82) is 0 Å². The van der Waals surface area contributed by atoms with E-state index in [1.807, 2.05) is 13.8 Å². The Kier molecular flexibility index (Phi) is 3.65. The molecule has 0 aliphatic carbocycles. The van der Waals surface area contributed by atoms with Gasteiger partial charge in [0.25, 0.3) is 0 Å². The van der Waals surface area contributed by atoms with Crippen LogP contribution in [0.2, 0.25) is 0 Å². The van der Waals surface area contributed by atoms with E-state index < -0.39 is 17.5 Å². The summed E-state index contributed by atoms with van der Waals surface area (Å²) in [7, 11) is 0. The number of hydrogen-bond donors (Lipinski definition) is 1. The van der Waals surface area contributed by atoms with Crippen LogP contribution in [0, 0.1) is 24.4 Å². The highest BCUT2D eigenvalue weighted by Gasteiger charge is 2.17. The molecule has 1 aromatic carbocycles. The second-order valence-corrected chi connectivity index (χ2v) is 4.85. The van der Waals surface area contributed by atoms with Crippen LogP contribution in [-0.2, 0) is 0 Å². The molecule has 1 heterocycles. The molecule has 0 atom stereocenters. The van der Waals surface area contributed by atoms with Crippen molar-refractivity contribution in [2.45, 2.75) is 26.7 Å². The van der Waals surface area contributed by atoms with E-state index in [-0.39, 0.29) is 17.3 Å². The van der Waals surface area contributed by atoms with Crippen molar-refractivity contribution in [3.05, 3.63) is 41.0 Å². The largest absolute Gasteiger partial charge is 0.383 e. The van der Waals surface area contributed by atoms with Crippen molar-refractivity contribution in [2.24, 2.45) is 0 Å². The number of anilines is 1. The number of hydrogen-bond acceptors (Lipinski definition) is 3. The minimum atomic E-state index is -1.50. The van der Waals surface area contributed by atoms with Gasteiger partial charge in [0.2, 0.25) is 0 Å². The molecule has 20 heavy (non-hydrogen) atoms. The van der Waals surface area contributed by atoms with Gasteiger partial charge in [-0.1, -0.05) is 13.8 Å². The molecule has 2 N–H and O–H groups in total. The van der Waals surface area contributed by atoms with Gasteiger partial charge in [0, 0.05) is 17.0 Å². The van der Waals surface area contributed by atoms with Crippen LogP contribution >= 0.6 is 0 Å². The summed E-state index contributed by atoms with van der Waals surface area (Å²) in [4.78, 5) is 8.39. The molecule has 0 unspecified atom stereocenters. The summed E-state index contributed by atoms with van der Waals surface area (Å²) in [6, 6.07) is 1.80. The number of halogens is 3. The lowest BCUT2D eigenvalue weighted by Gasteiger charge is -2.12. The lowest BCUT2D eigenvalue weighted by atomic mass is 10.1. The van der Waals surface area contributed by atoms with Crippen LogP contribution in [0.1, 0.15) is 31.2 Å². The van der Waals surface area contributed by atoms with Crippen molar-refractivity contribution in [3.63, 3.8) is 0 Å². The van der Waals surface area contributed by atoms with Crippen LogP contribution in [0.4, 0.5) is 19.0 Å². The fraction of sp³-hybridized carbons (Fsp3) is 0.286. The molecule has 0 aliphatic heterocycles. The zero-order chi connectivity index (χ0) is 15.0. The Morgan fingerprint density at radius 2 is 1.60 bits per heavy atom. The van der Waals surface area contributed by atoms with Crippen LogP contribution in [0.5, 0.6) is 0 Å². The van der Waals surface area contributed by atoms with Crippen molar-refractivity contribution in [1.82, 2.24) is 9.97 Å². The molecule has 0 fully saturated rings. The zero-order valence-corrected chi connectivity index (χ0v) is 11.3. The highest BCUT2D eigenvalue weighted by Crippen LogP contribution is 2.28. The first-order valence-corrected chi connectivity index (χ1v) is 6.10. The molecule has 0 bridgehead atoms. The Morgan fingerprint density at radius 3 is 2.10 bits per heavy atom. The summed E-state index contributed by atoms with van der Waals surface area (Å²) in [6.45, 7) is 5.40. The number of nitrogens with two attached hydrogens (primary N) is 1. The molecule has 3 nitrogen and oxygen atoms in total. The number of nitrogen functional groups attached to an aromatic ring is 1. The van der Waals surface area contributed by atoms with Gasteiger partial charge in [0.15, 0.2) is 17.5 Å². The van der Waals surface area contributed by atoms with Crippen LogP contribution in [-0.4, -0.2) is 9.97 Å². The van der Waals surface area contributed by atoms with Crippen LogP contribution in [0.25, 0.3) is 11.3 Å². The predicted octanol–water partition coefficient (Wildman–Crippen LogP) is 3.57. The van der Waals surface area contributed by atoms with Crippen LogP contribution in [0.15, 0.2) is 12.1 Å². The van der Waals surface area contributed by atoms with E-state index in [9.17, 15) is 13.2 Å². The first-order valence-electron chi connectivity index (χ1n) is 6.10. The van der Waals surface area contributed by atoms with E-state index in [0.717, 1.165) is 12.1 Å². The second kappa shape index (κ2) is 5.11. The van der Waals surface area contributed by atoms with Crippen molar-refractivity contribution >= 4 is 5.82 Å².